The molecule has 96 valence electrons. The molecule has 0 aromatic heterocycles. The first-order chi connectivity index (χ1) is 7.35. The number of nitrogens with one attached hydrogen (secondary N) is 1. The zero-order valence-corrected chi connectivity index (χ0v) is 11.5. The molecule has 0 saturated carbocycles. The van der Waals surface area contributed by atoms with Crippen molar-refractivity contribution in [1.82, 2.24) is 9.62 Å². The average Bonchev–Trinajstić information content (AvgIpc) is 2.66. The van der Waals surface area contributed by atoms with Gasteiger partial charge in [-0.05, 0) is 32.7 Å². The SMILES string of the molecule is CC(C)CN(C(C)C)S(=O)(=O)C1CCNC1. The zero-order valence-electron chi connectivity index (χ0n) is 10.7. The number of hydrogen-bond donors (Lipinski definition) is 1. The summed E-state index contributed by atoms with van der Waals surface area (Å²) in [5.74, 6) is 0.367. The highest BCUT2D eigenvalue weighted by atomic mass is 32.2. The molecule has 1 fully saturated rings. The topological polar surface area (TPSA) is 49.4 Å². The van der Waals surface area contributed by atoms with Gasteiger partial charge in [0.1, 0.15) is 0 Å². The minimum atomic E-state index is -3.12. The van der Waals surface area contributed by atoms with Gasteiger partial charge in [0.2, 0.25) is 10.0 Å². The minimum Gasteiger partial charge on any atom is -0.315 e. The highest BCUT2D eigenvalue weighted by Crippen LogP contribution is 2.19. The van der Waals surface area contributed by atoms with E-state index in [-0.39, 0.29) is 11.3 Å². The second-order valence-corrected chi connectivity index (χ2v) is 7.38. The fraction of sp³-hybridized carbons (Fsp3) is 1.00. The Bertz CT molecular complexity index is 306. The molecule has 4 nitrogen and oxygen atoms in total. The number of hydrogen-bond acceptors (Lipinski definition) is 3. The van der Waals surface area contributed by atoms with Crippen molar-refractivity contribution in [2.45, 2.75) is 45.4 Å². The van der Waals surface area contributed by atoms with E-state index < -0.39 is 10.0 Å². The van der Waals surface area contributed by atoms with Gasteiger partial charge in [-0.3, -0.25) is 0 Å². The van der Waals surface area contributed by atoms with E-state index in [2.05, 4.69) is 19.2 Å². The second-order valence-electron chi connectivity index (χ2n) is 5.22. The third kappa shape index (κ3) is 3.18. The lowest BCUT2D eigenvalue weighted by molar-refractivity contribution is 0.315. The van der Waals surface area contributed by atoms with Gasteiger partial charge in [0.25, 0.3) is 0 Å². The van der Waals surface area contributed by atoms with E-state index >= 15 is 0 Å². The van der Waals surface area contributed by atoms with Gasteiger partial charge in [0.05, 0.1) is 5.25 Å². The third-order valence-corrected chi connectivity index (χ3v) is 5.35. The van der Waals surface area contributed by atoms with Gasteiger partial charge in [0.15, 0.2) is 0 Å². The Morgan fingerprint density at radius 2 is 1.94 bits per heavy atom. The molecule has 1 unspecified atom stereocenters. The summed E-state index contributed by atoms with van der Waals surface area (Å²) in [6.45, 7) is 10.0. The van der Waals surface area contributed by atoms with Crippen LogP contribution in [-0.4, -0.2) is 43.6 Å². The van der Waals surface area contributed by atoms with Crippen LogP contribution in [0, 0.1) is 5.92 Å². The quantitative estimate of drug-likeness (QED) is 0.791. The third-order valence-electron chi connectivity index (χ3n) is 2.88. The van der Waals surface area contributed by atoms with Crippen molar-refractivity contribution in [2.75, 3.05) is 19.6 Å². The van der Waals surface area contributed by atoms with Crippen molar-refractivity contribution in [2.24, 2.45) is 5.92 Å². The molecule has 1 atom stereocenters. The van der Waals surface area contributed by atoms with Crippen LogP contribution in [0.4, 0.5) is 0 Å². The van der Waals surface area contributed by atoms with Gasteiger partial charge in [0, 0.05) is 19.1 Å². The van der Waals surface area contributed by atoms with Crippen molar-refractivity contribution >= 4 is 10.0 Å². The lowest BCUT2D eigenvalue weighted by Gasteiger charge is -2.30. The molecule has 0 bridgehead atoms. The first-order valence-electron chi connectivity index (χ1n) is 6.07. The molecule has 0 aliphatic carbocycles. The molecule has 1 heterocycles. The summed E-state index contributed by atoms with van der Waals surface area (Å²) in [4.78, 5) is 0. The van der Waals surface area contributed by atoms with Crippen LogP contribution < -0.4 is 5.32 Å². The largest absolute Gasteiger partial charge is 0.315 e. The molecule has 1 rings (SSSR count). The molecule has 0 spiro atoms. The Labute approximate surface area is 99.5 Å². The van der Waals surface area contributed by atoms with Gasteiger partial charge in [-0.25, -0.2) is 8.42 Å². The Kier molecular flexibility index (Phi) is 4.76. The summed E-state index contributed by atoms with van der Waals surface area (Å²) in [5, 5.41) is 2.89. The van der Waals surface area contributed by atoms with Crippen LogP contribution in [0.2, 0.25) is 0 Å². The number of nitrogens with zero attached hydrogens (tertiary/aromatic N) is 1. The molecule has 16 heavy (non-hydrogen) atoms. The number of rotatable bonds is 5. The van der Waals surface area contributed by atoms with Crippen molar-refractivity contribution in [3.8, 4) is 0 Å². The highest BCUT2D eigenvalue weighted by molar-refractivity contribution is 7.89. The smallest absolute Gasteiger partial charge is 0.218 e. The van der Waals surface area contributed by atoms with Crippen LogP contribution in [0.15, 0.2) is 0 Å². The van der Waals surface area contributed by atoms with Gasteiger partial charge in [-0.2, -0.15) is 4.31 Å². The van der Waals surface area contributed by atoms with Crippen LogP contribution in [0.3, 0.4) is 0 Å². The molecule has 0 aromatic carbocycles. The normalized spacial score (nSPS) is 22.6. The zero-order chi connectivity index (χ0) is 12.3. The molecule has 5 heteroatoms. The monoisotopic (exact) mass is 248 g/mol. The maximum atomic E-state index is 12.4. The lowest BCUT2D eigenvalue weighted by atomic mass is 10.2. The van der Waals surface area contributed by atoms with Crippen LogP contribution in [-0.2, 0) is 10.0 Å². The summed E-state index contributed by atoms with van der Waals surface area (Å²) >= 11 is 0. The maximum Gasteiger partial charge on any atom is 0.218 e. The molecular weight excluding hydrogens is 224 g/mol. The molecule has 1 saturated heterocycles. The van der Waals surface area contributed by atoms with Crippen molar-refractivity contribution in [3.63, 3.8) is 0 Å². The summed E-state index contributed by atoms with van der Waals surface area (Å²) < 4.78 is 26.5. The van der Waals surface area contributed by atoms with Crippen LogP contribution in [0.1, 0.15) is 34.1 Å². The Morgan fingerprint density at radius 3 is 2.31 bits per heavy atom. The summed E-state index contributed by atoms with van der Waals surface area (Å²) in [6.07, 6.45) is 0.740. The van der Waals surface area contributed by atoms with Gasteiger partial charge in [-0.15, -0.1) is 0 Å². The molecule has 1 aliphatic heterocycles. The highest BCUT2D eigenvalue weighted by Gasteiger charge is 2.35. The van der Waals surface area contributed by atoms with Crippen LogP contribution in [0.5, 0.6) is 0 Å². The first-order valence-corrected chi connectivity index (χ1v) is 7.57. The Balaban J connectivity index is 2.83. The van der Waals surface area contributed by atoms with Crippen molar-refractivity contribution in [1.29, 1.82) is 0 Å². The van der Waals surface area contributed by atoms with E-state index in [4.69, 9.17) is 0 Å². The molecule has 0 aromatic rings. The Hall–Kier alpha value is -0.130. The van der Waals surface area contributed by atoms with E-state index in [9.17, 15) is 8.42 Å². The van der Waals surface area contributed by atoms with E-state index in [1.165, 1.54) is 0 Å². The minimum absolute atomic E-state index is 0.0491. The van der Waals surface area contributed by atoms with E-state index in [1.807, 2.05) is 13.8 Å². The Morgan fingerprint density at radius 1 is 1.31 bits per heavy atom. The molecule has 0 amide bonds. The van der Waals surface area contributed by atoms with Crippen LogP contribution in [0.25, 0.3) is 0 Å². The average molecular weight is 248 g/mol. The lowest BCUT2D eigenvalue weighted by Crippen LogP contribution is -2.45. The summed E-state index contributed by atoms with van der Waals surface area (Å²) in [6, 6.07) is 0.0491. The molecule has 0 radical (unpaired) electrons. The summed E-state index contributed by atoms with van der Waals surface area (Å²) in [5.41, 5.74) is 0. The van der Waals surface area contributed by atoms with E-state index in [0.29, 0.717) is 19.0 Å². The number of sulfonamides is 1. The second kappa shape index (κ2) is 5.47. The standard InChI is InChI=1S/C11H24N2O2S/c1-9(2)8-13(10(3)4)16(14,15)11-5-6-12-7-11/h9-12H,5-8H2,1-4H3. The predicted octanol–water partition coefficient (Wildman–Crippen LogP) is 1.04. The van der Waals surface area contributed by atoms with Gasteiger partial charge < -0.3 is 5.32 Å². The molecule has 1 aliphatic rings. The fourth-order valence-electron chi connectivity index (χ4n) is 2.04. The van der Waals surface area contributed by atoms with E-state index in [0.717, 1.165) is 13.0 Å². The summed E-state index contributed by atoms with van der Waals surface area (Å²) in [7, 11) is -3.12. The van der Waals surface area contributed by atoms with E-state index in [1.54, 1.807) is 4.31 Å². The maximum absolute atomic E-state index is 12.4. The van der Waals surface area contributed by atoms with Gasteiger partial charge in [-0.1, -0.05) is 13.8 Å². The van der Waals surface area contributed by atoms with Crippen molar-refractivity contribution in [3.05, 3.63) is 0 Å². The predicted molar refractivity (Wildman–Crippen MR) is 66.9 cm³/mol. The fourth-order valence-corrected chi connectivity index (χ4v) is 4.26. The first kappa shape index (κ1) is 13.9. The molecule has 1 N–H and O–H groups in total. The molecular formula is C11H24N2O2S. The van der Waals surface area contributed by atoms with Gasteiger partial charge >= 0.3 is 0 Å². The van der Waals surface area contributed by atoms with Crippen LogP contribution >= 0.6 is 0 Å². The van der Waals surface area contributed by atoms with Crippen molar-refractivity contribution < 1.29 is 8.42 Å².